The van der Waals surface area contributed by atoms with Crippen LogP contribution in [0.5, 0.6) is 11.5 Å². The van der Waals surface area contributed by atoms with Gasteiger partial charge in [0, 0.05) is 0 Å². The van der Waals surface area contributed by atoms with Crippen LogP contribution in [0, 0.1) is 12.7 Å². The van der Waals surface area contributed by atoms with Gasteiger partial charge in [0.25, 0.3) is 0 Å². The first-order valence-corrected chi connectivity index (χ1v) is 7.58. The van der Waals surface area contributed by atoms with Crippen molar-refractivity contribution in [3.8, 4) is 11.5 Å². The quantitative estimate of drug-likeness (QED) is 0.678. The Balaban J connectivity index is 2.47. The Bertz CT molecular complexity index is 661. The largest absolute Gasteiger partial charge is 0.493 e. The number of benzene rings is 2. The summed E-state index contributed by atoms with van der Waals surface area (Å²) in [5.74, 6) is 0.870. The summed E-state index contributed by atoms with van der Waals surface area (Å²) in [4.78, 5) is -0.163. The fourth-order valence-corrected chi connectivity index (χ4v) is 3.01. The maximum atomic E-state index is 13.6. The van der Waals surface area contributed by atoms with Gasteiger partial charge in [-0.15, -0.1) is 0 Å². The molecule has 1 atom stereocenters. The maximum Gasteiger partial charge on any atom is 0.161 e. The highest BCUT2D eigenvalue weighted by atomic mass is 79.9. The summed E-state index contributed by atoms with van der Waals surface area (Å²) in [6.07, 6.45) is 0. The molecule has 0 aliphatic rings. The van der Waals surface area contributed by atoms with Crippen LogP contribution in [0.15, 0.2) is 30.3 Å². The number of methoxy groups -OCH3 is 2. The second kappa shape index (κ2) is 6.67. The molecule has 0 aromatic heterocycles. The first-order valence-electron chi connectivity index (χ1n) is 6.29. The summed E-state index contributed by atoms with van der Waals surface area (Å²) in [6.45, 7) is 1.97. The lowest BCUT2D eigenvalue weighted by atomic mass is 9.99. The molecule has 2 nitrogen and oxygen atoms in total. The van der Waals surface area contributed by atoms with E-state index in [4.69, 9.17) is 21.1 Å². The lowest BCUT2D eigenvalue weighted by Crippen LogP contribution is -2.00. The van der Waals surface area contributed by atoms with Crippen molar-refractivity contribution in [2.75, 3.05) is 14.2 Å². The Morgan fingerprint density at radius 3 is 2.29 bits per heavy atom. The van der Waals surface area contributed by atoms with Crippen LogP contribution in [0.2, 0.25) is 5.02 Å². The van der Waals surface area contributed by atoms with Crippen LogP contribution in [0.1, 0.15) is 21.5 Å². The smallest absolute Gasteiger partial charge is 0.161 e. The standard InChI is InChI=1S/C16H15BrClFO2/c1-9-6-14(20-2)15(21-3)8-11(9)16(17)10-4-5-12(18)13(19)7-10/h4-8,16H,1-3H3. The molecule has 5 heteroatoms. The zero-order valence-electron chi connectivity index (χ0n) is 11.9. The minimum atomic E-state index is -0.434. The molecule has 2 aromatic rings. The third-order valence-corrected chi connectivity index (χ3v) is 4.61. The van der Waals surface area contributed by atoms with E-state index in [-0.39, 0.29) is 9.85 Å². The van der Waals surface area contributed by atoms with Gasteiger partial charge in [-0.25, -0.2) is 4.39 Å². The van der Waals surface area contributed by atoms with E-state index in [9.17, 15) is 4.39 Å². The average Bonchev–Trinajstić information content (AvgIpc) is 2.49. The summed E-state index contributed by atoms with van der Waals surface area (Å²) in [6, 6.07) is 8.56. The van der Waals surface area contributed by atoms with Crippen LogP contribution in [-0.2, 0) is 0 Å². The van der Waals surface area contributed by atoms with E-state index >= 15 is 0 Å². The van der Waals surface area contributed by atoms with Gasteiger partial charge in [-0.1, -0.05) is 33.6 Å². The van der Waals surface area contributed by atoms with Crippen LogP contribution in [-0.4, -0.2) is 14.2 Å². The SMILES string of the molecule is COc1cc(C)c(C(Br)c2ccc(Cl)c(F)c2)cc1OC. The molecule has 0 bridgehead atoms. The lowest BCUT2D eigenvalue weighted by molar-refractivity contribution is 0.354. The van der Waals surface area contributed by atoms with Crippen LogP contribution in [0.3, 0.4) is 0 Å². The topological polar surface area (TPSA) is 18.5 Å². The number of aryl methyl sites for hydroxylation is 1. The van der Waals surface area contributed by atoms with Crippen LogP contribution in [0.25, 0.3) is 0 Å². The predicted octanol–water partition coefficient (Wildman–Crippen LogP) is 5.29. The van der Waals surface area contributed by atoms with E-state index in [0.29, 0.717) is 11.5 Å². The van der Waals surface area contributed by atoms with Gasteiger partial charge in [-0.2, -0.15) is 0 Å². The van der Waals surface area contributed by atoms with Gasteiger partial charge in [0.1, 0.15) is 5.82 Å². The number of alkyl halides is 1. The first-order chi connectivity index (χ1) is 9.97. The molecule has 0 saturated heterocycles. The van der Waals surface area contributed by atoms with Crippen molar-refractivity contribution in [2.45, 2.75) is 11.8 Å². The van der Waals surface area contributed by atoms with E-state index in [2.05, 4.69) is 15.9 Å². The molecule has 0 fully saturated rings. The first kappa shape index (κ1) is 16.1. The zero-order chi connectivity index (χ0) is 15.6. The van der Waals surface area contributed by atoms with E-state index in [1.807, 2.05) is 19.1 Å². The number of hydrogen-bond acceptors (Lipinski definition) is 2. The molecule has 2 rings (SSSR count). The van der Waals surface area contributed by atoms with Gasteiger partial charge in [-0.05, 0) is 47.9 Å². The van der Waals surface area contributed by atoms with E-state index < -0.39 is 5.82 Å². The van der Waals surface area contributed by atoms with Crippen molar-refractivity contribution >= 4 is 27.5 Å². The Kier molecular flexibility index (Phi) is 5.12. The Morgan fingerprint density at radius 1 is 1.10 bits per heavy atom. The minimum Gasteiger partial charge on any atom is -0.493 e. The molecular formula is C16H15BrClFO2. The molecular weight excluding hydrogens is 359 g/mol. The number of halogens is 3. The Hall–Kier alpha value is -1.26. The monoisotopic (exact) mass is 372 g/mol. The summed E-state index contributed by atoms with van der Waals surface area (Å²) >= 11 is 9.33. The number of ether oxygens (including phenoxy) is 2. The molecule has 0 amide bonds. The van der Waals surface area contributed by atoms with E-state index in [1.54, 1.807) is 26.4 Å². The molecule has 0 radical (unpaired) electrons. The van der Waals surface area contributed by atoms with Gasteiger partial charge in [0.2, 0.25) is 0 Å². The second-order valence-electron chi connectivity index (χ2n) is 4.60. The lowest BCUT2D eigenvalue weighted by Gasteiger charge is -2.17. The molecule has 0 aliphatic carbocycles. The average molecular weight is 374 g/mol. The highest BCUT2D eigenvalue weighted by molar-refractivity contribution is 9.09. The molecule has 0 N–H and O–H groups in total. The van der Waals surface area contributed by atoms with Crippen molar-refractivity contribution < 1.29 is 13.9 Å². The highest BCUT2D eigenvalue weighted by Gasteiger charge is 2.17. The van der Waals surface area contributed by atoms with E-state index in [0.717, 1.165) is 16.7 Å². The molecule has 0 saturated carbocycles. The van der Waals surface area contributed by atoms with Gasteiger partial charge >= 0.3 is 0 Å². The van der Waals surface area contributed by atoms with Crippen LogP contribution < -0.4 is 9.47 Å². The van der Waals surface area contributed by atoms with E-state index in [1.165, 1.54) is 6.07 Å². The highest BCUT2D eigenvalue weighted by Crippen LogP contribution is 2.39. The van der Waals surface area contributed by atoms with Crippen molar-refractivity contribution in [3.05, 3.63) is 57.9 Å². The molecule has 2 aromatic carbocycles. The normalized spacial score (nSPS) is 12.1. The molecule has 0 spiro atoms. The Morgan fingerprint density at radius 2 is 1.71 bits per heavy atom. The summed E-state index contributed by atoms with van der Waals surface area (Å²) in [5.41, 5.74) is 2.78. The predicted molar refractivity (Wildman–Crippen MR) is 86.5 cm³/mol. The van der Waals surface area contributed by atoms with Crippen molar-refractivity contribution in [1.82, 2.24) is 0 Å². The van der Waals surface area contributed by atoms with Gasteiger partial charge in [0.05, 0.1) is 24.1 Å². The number of rotatable bonds is 4. The summed E-state index contributed by atoms with van der Waals surface area (Å²) in [5, 5.41) is 0.113. The van der Waals surface area contributed by atoms with Crippen molar-refractivity contribution in [1.29, 1.82) is 0 Å². The van der Waals surface area contributed by atoms with Gasteiger partial charge < -0.3 is 9.47 Å². The third-order valence-electron chi connectivity index (χ3n) is 3.28. The molecule has 21 heavy (non-hydrogen) atoms. The van der Waals surface area contributed by atoms with Gasteiger partial charge in [0.15, 0.2) is 11.5 Å². The van der Waals surface area contributed by atoms with Gasteiger partial charge in [-0.3, -0.25) is 0 Å². The minimum absolute atomic E-state index is 0.113. The third kappa shape index (κ3) is 3.33. The van der Waals surface area contributed by atoms with Crippen molar-refractivity contribution in [2.24, 2.45) is 0 Å². The molecule has 0 heterocycles. The zero-order valence-corrected chi connectivity index (χ0v) is 14.3. The van der Waals surface area contributed by atoms with Crippen molar-refractivity contribution in [3.63, 3.8) is 0 Å². The molecule has 0 aliphatic heterocycles. The maximum absolute atomic E-state index is 13.6. The molecule has 112 valence electrons. The molecule has 1 unspecified atom stereocenters. The summed E-state index contributed by atoms with van der Waals surface area (Å²) in [7, 11) is 3.18. The fraction of sp³-hybridized carbons (Fsp3) is 0.250. The number of hydrogen-bond donors (Lipinski definition) is 0. The Labute approximate surface area is 137 Å². The van der Waals surface area contributed by atoms with Crippen LogP contribution >= 0.6 is 27.5 Å². The summed E-state index contributed by atoms with van der Waals surface area (Å²) < 4.78 is 24.2. The van der Waals surface area contributed by atoms with Crippen LogP contribution in [0.4, 0.5) is 4.39 Å². The fourth-order valence-electron chi connectivity index (χ4n) is 2.12. The second-order valence-corrected chi connectivity index (χ2v) is 5.92.